The van der Waals surface area contributed by atoms with E-state index in [0.717, 1.165) is 11.1 Å². The van der Waals surface area contributed by atoms with Gasteiger partial charge < -0.3 is 15.2 Å². The number of hydrogen-bond donors (Lipinski definition) is 2. The summed E-state index contributed by atoms with van der Waals surface area (Å²) in [5.74, 6) is -3.29. The van der Waals surface area contributed by atoms with Crippen LogP contribution < -0.4 is 5.32 Å². The second-order valence-electron chi connectivity index (χ2n) is 5.66. The van der Waals surface area contributed by atoms with Crippen LogP contribution in [0.25, 0.3) is 0 Å². The van der Waals surface area contributed by atoms with Gasteiger partial charge in [-0.15, -0.1) is 11.3 Å². The number of aliphatic carboxylic acids is 1. The molecule has 1 aliphatic rings. The van der Waals surface area contributed by atoms with Gasteiger partial charge in [-0.25, -0.2) is 4.79 Å². The third kappa shape index (κ3) is 3.61. The summed E-state index contributed by atoms with van der Waals surface area (Å²) in [4.78, 5) is 35.7. The zero-order valence-electron chi connectivity index (χ0n) is 13.2. The van der Waals surface area contributed by atoms with Crippen molar-refractivity contribution in [3.05, 3.63) is 28.2 Å². The largest absolute Gasteiger partial charge is 0.481 e. The predicted octanol–water partition coefficient (Wildman–Crippen LogP) is 2.92. The Labute approximate surface area is 138 Å². The summed E-state index contributed by atoms with van der Waals surface area (Å²) in [7, 11) is 1.27. The van der Waals surface area contributed by atoms with E-state index in [1.54, 1.807) is 11.4 Å². The highest BCUT2D eigenvalue weighted by Gasteiger charge is 2.37. The van der Waals surface area contributed by atoms with E-state index in [1.165, 1.54) is 18.4 Å². The van der Waals surface area contributed by atoms with E-state index in [1.807, 2.05) is 13.8 Å². The first-order valence-electron chi connectivity index (χ1n) is 7.19. The van der Waals surface area contributed by atoms with Crippen LogP contribution in [-0.2, 0) is 14.3 Å². The molecule has 0 bridgehead atoms. The second-order valence-corrected chi connectivity index (χ2v) is 6.58. The molecule has 2 N–H and O–H groups in total. The van der Waals surface area contributed by atoms with Crippen LogP contribution in [0.15, 0.2) is 22.6 Å². The molecule has 0 radical (unpaired) electrons. The number of methoxy groups -OCH3 is 1. The lowest BCUT2D eigenvalue weighted by molar-refractivity contribution is -0.146. The lowest BCUT2D eigenvalue weighted by atomic mass is 9.76. The average Bonchev–Trinajstić information content (AvgIpc) is 2.96. The highest BCUT2D eigenvalue weighted by Crippen LogP contribution is 2.35. The monoisotopic (exact) mass is 337 g/mol. The number of ether oxygens (including phenoxy) is 1. The molecule has 0 fully saturated rings. The molecule has 1 amide bonds. The van der Waals surface area contributed by atoms with E-state index in [0.29, 0.717) is 17.8 Å². The van der Waals surface area contributed by atoms with Crippen LogP contribution in [0.2, 0.25) is 0 Å². The van der Waals surface area contributed by atoms with Gasteiger partial charge >= 0.3 is 11.9 Å². The topological polar surface area (TPSA) is 92.7 Å². The summed E-state index contributed by atoms with van der Waals surface area (Å²) in [5.41, 5.74) is 2.34. The number of rotatable bonds is 4. The number of amides is 1. The number of thiophene rings is 1. The van der Waals surface area contributed by atoms with E-state index in [2.05, 4.69) is 10.1 Å². The minimum Gasteiger partial charge on any atom is -0.481 e. The average molecular weight is 337 g/mol. The highest BCUT2D eigenvalue weighted by molar-refractivity contribution is 7.14. The molecule has 1 aromatic rings. The Hall–Kier alpha value is -2.15. The fourth-order valence-corrected chi connectivity index (χ4v) is 3.49. The second kappa shape index (κ2) is 6.95. The summed E-state index contributed by atoms with van der Waals surface area (Å²) in [6.45, 7) is 3.81. The van der Waals surface area contributed by atoms with Crippen LogP contribution in [-0.4, -0.2) is 30.1 Å². The number of nitrogens with one attached hydrogen (secondary N) is 1. The van der Waals surface area contributed by atoms with Crippen molar-refractivity contribution in [2.45, 2.75) is 26.7 Å². The van der Waals surface area contributed by atoms with Crippen molar-refractivity contribution in [2.24, 2.45) is 11.8 Å². The van der Waals surface area contributed by atoms with Crippen molar-refractivity contribution < 1.29 is 24.2 Å². The van der Waals surface area contributed by atoms with Crippen molar-refractivity contribution >= 4 is 34.2 Å². The van der Waals surface area contributed by atoms with Gasteiger partial charge in [0.1, 0.15) is 5.00 Å². The van der Waals surface area contributed by atoms with Crippen LogP contribution in [0, 0.1) is 11.8 Å². The zero-order valence-corrected chi connectivity index (χ0v) is 14.0. The Morgan fingerprint density at radius 2 is 1.83 bits per heavy atom. The number of allylic oxidation sites excluding steroid dienone is 2. The van der Waals surface area contributed by atoms with Gasteiger partial charge in [-0.2, -0.15) is 0 Å². The Balaban J connectivity index is 2.21. The minimum absolute atomic E-state index is 0.275. The standard InChI is InChI=1S/C16H19NO5S/c1-8-6-11(12(15(19)20)7-9(8)2)13(18)17-14-10(4-5-23-14)16(21)22-3/h4-5,11-12H,6-7H2,1-3H3,(H,17,18)(H,19,20)/t11-,12-/m0/s1. The molecule has 7 heteroatoms. The maximum atomic E-state index is 12.6. The molecule has 0 saturated heterocycles. The van der Waals surface area contributed by atoms with E-state index in [9.17, 15) is 19.5 Å². The Morgan fingerprint density at radius 3 is 2.39 bits per heavy atom. The van der Waals surface area contributed by atoms with Gasteiger partial charge in [-0.05, 0) is 38.1 Å². The van der Waals surface area contributed by atoms with Crippen molar-refractivity contribution in [2.75, 3.05) is 12.4 Å². The molecular weight excluding hydrogens is 318 g/mol. The third-order valence-electron chi connectivity index (χ3n) is 4.23. The number of hydrogen-bond acceptors (Lipinski definition) is 5. The van der Waals surface area contributed by atoms with E-state index >= 15 is 0 Å². The van der Waals surface area contributed by atoms with Crippen molar-refractivity contribution in [3.63, 3.8) is 0 Å². The molecule has 1 heterocycles. The summed E-state index contributed by atoms with van der Waals surface area (Å²) in [5, 5.41) is 14.1. The normalized spacial score (nSPS) is 21.0. The third-order valence-corrected chi connectivity index (χ3v) is 5.06. The van der Waals surface area contributed by atoms with E-state index in [4.69, 9.17) is 0 Å². The SMILES string of the molecule is COC(=O)c1ccsc1NC(=O)[C@H]1CC(C)=C(C)C[C@@H]1C(=O)O. The molecular formula is C16H19NO5S. The van der Waals surface area contributed by atoms with Gasteiger partial charge in [0.05, 0.1) is 24.5 Å². The number of carboxylic acid groups (broad SMARTS) is 1. The fraction of sp³-hybridized carbons (Fsp3) is 0.438. The van der Waals surface area contributed by atoms with E-state index in [-0.39, 0.29) is 11.5 Å². The molecule has 1 aliphatic carbocycles. The lowest BCUT2D eigenvalue weighted by Crippen LogP contribution is -2.36. The first-order chi connectivity index (χ1) is 10.8. The Morgan fingerprint density at radius 1 is 1.22 bits per heavy atom. The fourth-order valence-electron chi connectivity index (χ4n) is 2.71. The molecule has 0 aliphatic heterocycles. The summed E-state index contributed by atoms with van der Waals surface area (Å²) < 4.78 is 4.67. The summed E-state index contributed by atoms with van der Waals surface area (Å²) in [6.07, 6.45) is 0.779. The number of carboxylic acids is 1. The first kappa shape index (κ1) is 17.2. The van der Waals surface area contributed by atoms with Crippen LogP contribution in [0.3, 0.4) is 0 Å². The molecule has 0 unspecified atom stereocenters. The van der Waals surface area contributed by atoms with Crippen LogP contribution in [0.1, 0.15) is 37.0 Å². The molecule has 2 atom stereocenters. The van der Waals surface area contributed by atoms with E-state index < -0.39 is 23.8 Å². The van der Waals surface area contributed by atoms with Crippen molar-refractivity contribution in [1.29, 1.82) is 0 Å². The number of esters is 1. The Bertz CT molecular complexity index is 676. The lowest BCUT2D eigenvalue weighted by Gasteiger charge is -2.29. The summed E-state index contributed by atoms with van der Waals surface area (Å²) in [6, 6.07) is 1.57. The minimum atomic E-state index is -0.976. The maximum absolute atomic E-state index is 12.6. The van der Waals surface area contributed by atoms with Gasteiger partial charge in [0, 0.05) is 0 Å². The van der Waals surface area contributed by atoms with Gasteiger partial charge in [-0.3, -0.25) is 9.59 Å². The van der Waals surface area contributed by atoms with Crippen molar-refractivity contribution in [3.8, 4) is 0 Å². The molecule has 6 nitrogen and oxygen atoms in total. The smallest absolute Gasteiger partial charge is 0.340 e. The number of anilines is 1. The predicted molar refractivity (Wildman–Crippen MR) is 86.5 cm³/mol. The number of carbonyl (C=O) groups is 3. The summed E-state index contributed by atoms with van der Waals surface area (Å²) >= 11 is 1.20. The number of carbonyl (C=O) groups excluding carboxylic acids is 2. The first-order valence-corrected chi connectivity index (χ1v) is 8.07. The quantitative estimate of drug-likeness (QED) is 0.651. The zero-order chi connectivity index (χ0) is 17.1. The van der Waals surface area contributed by atoms with Gasteiger partial charge in [0.25, 0.3) is 0 Å². The van der Waals surface area contributed by atoms with Crippen molar-refractivity contribution in [1.82, 2.24) is 0 Å². The Kier molecular flexibility index (Phi) is 5.20. The molecule has 0 aromatic carbocycles. The molecule has 0 spiro atoms. The maximum Gasteiger partial charge on any atom is 0.340 e. The van der Waals surface area contributed by atoms with Crippen LogP contribution in [0.4, 0.5) is 5.00 Å². The molecule has 1 aromatic heterocycles. The van der Waals surface area contributed by atoms with Gasteiger partial charge in [0.2, 0.25) is 5.91 Å². The molecule has 124 valence electrons. The van der Waals surface area contributed by atoms with Crippen LogP contribution >= 0.6 is 11.3 Å². The highest BCUT2D eigenvalue weighted by atomic mass is 32.1. The van der Waals surface area contributed by atoms with Crippen LogP contribution in [0.5, 0.6) is 0 Å². The van der Waals surface area contributed by atoms with Gasteiger partial charge in [-0.1, -0.05) is 11.1 Å². The molecule has 23 heavy (non-hydrogen) atoms. The molecule has 0 saturated carbocycles. The molecule has 2 rings (SSSR count). The van der Waals surface area contributed by atoms with Gasteiger partial charge in [0.15, 0.2) is 0 Å².